The smallest absolute Gasteiger partial charge is 0.258 e. The molecular formula is C17H18N4O2S. The summed E-state index contributed by atoms with van der Waals surface area (Å²) >= 11 is 1.66. The number of hydrogen-bond donors (Lipinski definition) is 0. The highest BCUT2D eigenvalue weighted by Gasteiger charge is 2.29. The summed E-state index contributed by atoms with van der Waals surface area (Å²) in [7, 11) is 0. The van der Waals surface area contributed by atoms with Crippen molar-refractivity contribution in [2.24, 2.45) is 0 Å². The largest absolute Gasteiger partial charge is 0.338 e. The van der Waals surface area contributed by atoms with E-state index in [1.54, 1.807) is 11.3 Å². The van der Waals surface area contributed by atoms with E-state index in [1.807, 2.05) is 36.4 Å². The Hall–Kier alpha value is -2.28. The van der Waals surface area contributed by atoms with Crippen molar-refractivity contribution in [1.29, 1.82) is 0 Å². The van der Waals surface area contributed by atoms with Crippen LogP contribution in [0.15, 0.2) is 22.2 Å². The quantitative estimate of drug-likeness (QED) is 0.714. The van der Waals surface area contributed by atoms with Crippen LogP contribution in [0.4, 0.5) is 0 Å². The average Bonchev–Trinajstić information content (AvgIpc) is 3.24. The van der Waals surface area contributed by atoms with Crippen LogP contribution in [0.1, 0.15) is 45.5 Å². The third-order valence-corrected chi connectivity index (χ3v) is 5.42. The summed E-state index contributed by atoms with van der Waals surface area (Å²) < 4.78 is 5.25. The van der Waals surface area contributed by atoms with Crippen molar-refractivity contribution in [3.05, 3.63) is 39.6 Å². The zero-order valence-electron chi connectivity index (χ0n) is 13.7. The van der Waals surface area contributed by atoms with Gasteiger partial charge in [0, 0.05) is 36.3 Å². The second-order valence-corrected chi connectivity index (χ2v) is 7.15. The number of carbonyl (C=O) groups excluding carboxylic acids is 1. The monoisotopic (exact) mass is 342 g/mol. The van der Waals surface area contributed by atoms with Crippen molar-refractivity contribution < 1.29 is 9.32 Å². The van der Waals surface area contributed by atoms with Gasteiger partial charge in [-0.2, -0.15) is 0 Å². The van der Waals surface area contributed by atoms with E-state index >= 15 is 0 Å². The molecule has 24 heavy (non-hydrogen) atoms. The van der Waals surface area contributed by atoms with Gasteiger partial charge in [-0.15, -0.1) is 11.3 Å². The van der Waals surface area contributed by atoms with Crippen LogP contribution in [0.5, 0.6) is 0 Å². The third kappa shape index (κ3) is 2.58. The molecule has 0 unspecified atom stereocenters. The van der Waals surface area contributed by atoms with Crippen LogP contribution in [-0.2, 0) is 0 Å². The van der Waals surface area contributed by atoms with Crippen molar-refractivity contribution in [3.8, 4) is 0 Å². The Bertz CT molecular complexity index is 888. The molecule has 0 spiro atoms. The Kier molecular flexibility index (Phi) is 3.80. The number of thiazole rings is 1. The molecule has 7 heteroatoms. The van der Waals surface area contributed by atoms with E-state index in [0.29, 0.717) is 29.4 Å². The minimum absolute atomic E-state index is 0.0260. The summed E-state index contributed by atoms with van der Waals surface area (Å²) in [5.74, 6) is 0.350. The third-order valence-electron chi connectivity index (χ3n) is 4.48. The van der Waals surface area contributed by atoms with Gasteiger partial charge in [-0.25, -0.2) is 9.97 Å². The van der Waals surface area contributed by atoms with Crippen LogP contribution in [0.25, 0.3) is 11.1 Å². The van der Waals surface area contributed by atoms with E-state index in [9.17, 15) is 4.79 Å². The topological polar surface area (TPSA) is 72.1 Å². The van der Waals surface area contributed by atoms with Gasteiger partial charge in [0.1, 0.15) is 0 Å². The summed E-state index contributed by atoms with van der Waals surface area (Å²) in [5.41, 5.74) is 2.53. The average molecular weight is 342 g/mol. The van der Waals surface area contributed by atoms with Crippen LogP contribution in [0.3, 0.4) is 0 Å². The number of likely N-dealkylation sites (tertiary alicyclic amines) is 1. The number of aryl methyl sites for hydroxylation is 2. The lowest BCUT2D eigenvalue weighted by Gasteiger charge is -2.32. The minimum Gasteiger partial charge on any atom is -0.338 e. The minimum atomic E-state index is 0.0260. The second-order valence-electron chi connectivity index (χ2n) is 6.22. The van der Waals surface area contributed by atoms with E-state index in [4.69, 9.17) is 4.52 Å². The summed E-state index contributed by atoms with van der Waals surface area (Å²) in [5, 5.41) is 7.80. The fourth-order valence-corrected chi connectivity index (χ4v) is 4.12. The standard InChI is InChI=1S/C17H18N4O2S/c1-10-8-13(14-11(2)20-23-15(14)19-10)17(22)21-6-3-4-12(9-21)16-18-5-7-24-16/h5,7-8,12H,3-4,6,9H2,1-2H3/t12-/m0/s1. The van der Waals surface area contributed by atoms with Crippen molar-refractivity contribution in [1.82, 2.24) is 20.0 Å². The van der Waals surface area contributed by atoms with E-state index in [-0.39, 0.29) is 5.91 Å². The Morgan fingerprint density at radius 3 is 3.08 bits per heavy atom. The molecule has 4 heterocycles. The maximum Gasteiger partial charge on any atom is 0.258 e. The number of hydrogen-bond acceptors (Lipinski definition) is 6. The Balaban J connectivity index is 1.67. The molecule has 1 fully saturated rings. The zero-order chi connectivity index (χ0) is 16.7. The molecule has 0 saturated carbocycles. The van der Waals surface area contributed by atoms with Crippen molar-refractivity contribution in [2.45, 2.75) is 32.6 Å². The normalized spacial score (nSPS) is 18.2. The summed E-state index contributed by atoms with van der Waals surface area (Å²) in [6, 6.07) is 1.84. The lowest BCUT2D eigenvalue weighted by molar-refractivity contribution is 0.0709. The van der Waals surface area contributed by atoms with Gasteiger partial charge in [-0.1, -0.05) is 5.16 Å². The number of fused-ring (bicyclic) bond motifs is 1. The van der Waals surface area contributed by atoms with Crippen LogP contribution in [0, 0.1) is 13.8 Å². The number of pyridine rings is 1. The van der Waals surface area contributed by atoms with Crippen molar-refractivity contribution in [2.75, 3.05) is 13.1 Å². The Morgan fingerprint density at radius 2 is 2.29 bits per heavy atom. The molecule has 0 N–H and O–H groups in total. The van der Waals surface area contributed by atoms with Gasteiger partial charge in [0.25, 0.3) is 11.6 Å². The molecule has 0 aliphatic carbocycles. The maximum absolute atomic E-state index is 13.1. The molecule has 0 aromatic carbocycles. The molecule has 1 amide bonds. The van der Waals surface area contributed by atoms with Gasteiger partial charge >= 0.3 is 0 Å². The SMILES string of the molecule is Cc1cc(C(=O)N2CCC[C@H](c3nccs3)C2)c2c(C)noc2n1. The number of rotatable bonds is 2. The van der Waals surface area contributed by atoms with Crippen LogP contribution in [0.2, 0.25) is 0 Å². The predicted octanol–water partition coefficient (Wildman–Crippen LogP) is 3.32. The highest BCUT2D eigenvalue weighted by molar-refractivity contribution is 7.09. The van der Waals surface area contributed by atoms with Gasteiger partial charge in [-0.05, 0) is 32.8 Å². The molecule has 1 atom stereocenters. The molecule has 3 aromatic heterocycles. The Labute approximate surface area is 143 Å². The molecule has 3 aromatic rings. The van der Waals surface area contributed by atoms with E-state index in [0.717, 1.165) is 35.5 Å². The molecule has 1 saturated heterocycles. The van der Waals surface area contributed by atoms with E-state index < -0.39 is 0 Å². The number of nitrogens with zero attached hydrogens (tertiary/aromatic N) is 4. The first kappa shape index (κ1) is 15.3. The molecule has 0 radical (unpaired) electrons. The van der Waals surface area contributed by atoms with Gasteiger partial charge in [-0.3, -0.25) is 4.79 Å². The van der Waals surface area contributed by atoms with E-state index in [2.05, 4.69) is 15.1 Å². The molecule has 1 aliphatic rings. The first-order valence-corrected chi connectivity index (χ1v) is 8.93. The highest BCUT2D eigenvalue weighted by Crippen LogP contribution is 2.30. The van der Waals surface area contributed by atoms with Crippen LogP contribution < -0.4 is 0 Å². The number of carbonyl (C=O) groups is 1. The molecular weight excluding hydrogens is 324 g/mol. The Morgan fingerprint density at radius 1 is 1.42 bits per heavy atom. The van der Waals surface area contributed by atoms with E-state index in [1.165, 1.54) is 0 Å². The van der Waals surface area contributed by atoms with Gasteiger partial charge in [0.15, 0.2) is 0 Å². The first-order chi connectivity index (χ1) is 11.6. The first-order valence-electron chi connectivity index (χ1n) is 8.06. The zero-order valence-corrected chi connectivity index (χ0v) is 14.5. The summed E-state index contributed by atoms with van der Waals surface area (Å²) in [6.07, 6.45) is 3.90. The number of piperidine rings is 1. The number of amides is 1. The lowest BCUT2D eigenvalue weighted by Crippen LogP contribution is -2.39. The van der Waals surface area contributed by atoms with Gasteiger partial charge < -0.3 is 9.42 Å². The van der Waals surface area contributed by atoms with Crippen LogP contribution >= 0.6 is 11.3 Å². The fourth-order valence-electron chi connectivity index (χ4n) is 3.36. The molecule has 124 valence electrons. The molecule has 6 nitrogen and oxygen atoms in total. The maximum atomic E-state index is 13.1. The molecule has 4 rings (SSSR count). The van der Waals surface area contributed by atoms with Gasteiger partial charge in [0.05, 0.1) is 21.7 Å². The van der Waals surface area contributed by atoms with Gasteiger partial charge in [0.2, 0.25) is 0 Å². The fraction of sp³-hybridized carbons (Fsp3) is 0.412. The van der Waals surface area contributed by atoms with Crippen LogP contribution in [-0.4, -0.2) is 39.0 Å². The lowest BCUT2D eigenvalue weighted by atomic mass is 9.97. The van der Waals surface area contributed by atoms with Crippen molar-refractivity contribution in [3.63, 3.8) is 0 Å². The summed E-state index contributed by atoms with van der Waals surface area (Å²) in [6.45, 7) is 5.18. The number of aromatic nitrogens is 3. The second kappa shape index (κ2) is 5.98. The van der Waals surface area contributed by atoms with Crippen molar-refractivity contribution >= 4 is 28.3 Å². The molecule has 1 aliphatic heterocycles. The summed E-state index contributed by atoms with van der Waals surface area (Å²) in [4.78, 5) is 23.8. The molecule has 0 bridgehead atoms. The highest BCUT2D eigenvalue weighted by atomic mass is 32.1. The predicted molar refractivity (Wildman–Crippen MR) is 91.3 cm³/mol.